The molecule has 0 spiro atoms. The topological polar surface area (TPSA) is 106 Å². The second-order valence-electron chi connectivity index (χ2n) is 12.2. The van der Waals surface area contributed by atoms with Crippen LogP contribution in [0.1, 0.15) is 84.8 Å². The first-order valence-electron chi connectivity index (χ1n) is 15.5. The highest BCUT2D eigenvalue weighted by molar-refractivity contribution is 6.35. The minimum Gasteiger partial charge on any atom is -0.449 e. The van der Waals surface area contributed by atoms with Gasteiger partial charge in [0.05, 0.1) is 24.6 Å². The highest BCUT2D eigenvalue weighted by Crippen LogP contribution is 2.44. The van der Waals surface area contributed by atoms with Crippen LogP contribution in [-0.4, -0.2) is 77.4 Å². The van der Waals surface area contributed by atoms with Crippen LogP contribution in [-0.2, 0) is 28.4 Å². The van der Waals surface area contributed by atoms with Crippen molar-refractivity contribution in [3.8, 4) is 0 Å². The number of carbonyl (C=O) groups excluding carboxylic acids is 1. The Bertz CT molecular complexity index is 1230. The van der Waals surface area contributed by atoms with E-state index < -0.39 is 24.2 Å². The maximum Gasteiger partial charge on any atom is 0.415 e. The summed E-state index contributed by atoms with van der Waals surface area (Å²) in [5, 5.41) is 0.397. The van der Waals surface area contributed by atoms with E-state index in [1.165, 1.54) is 32.1 Å². The van der Waals surface area contributed by atoms with E-state index >= 15 is 0 Å². The molecule has 232 valence electrons. The van der Waals surface area contributed by atoms with Crippen molar-refractivity contribution in [3.05, 3.63) is 17.4 Å². The Balaban J connectivity index is 1.27. The van der Waals surface area contributed by atoms with E-state index in [0.29, 0.717) is 47.7 Å². The summed E-state index contributed by atoms with van der Waals surface area (Å²) in [7, 11) is 0. The van der Waals surface area contributed by atoms with Gasteiger partial charge in [0.1, 0.15) is 29.6 Å². The maximum absolute atomic E-state index is 13.1. The fourth-order valence-electron chi connectivity index (χ4n) is 6.63. The van der Waals surface area contributed by atoms with E-state index in [1.54, 1.807) is 24.2 Å². The minimum absolute atomic E-state index is 0.241. The third-order valence-corrected chi connectivity index (χ3v) is 8.99. The van der Waals surface area contributed by atoms with Crippen LogP contribution in [0.3, 0.4) is 0 Å². The normalized spacial score (nSPS) is 29.6. The number of anilines is 1. The van der Waals surface area contributed by atoms with Gasteiger partial charge in [0, 0.05) is 19.2 Å². The standard InChI is InChI=1S/C30H43ClN4O7/c1-4-37-29(36)34(14-13-19-10-6-5-7-11-19)22-16-20(31)24-27(33-22)35(18-32-24)28-26-25(41-30(2,3)42-26)21(40-28)17-39-23-12-8-9-15-38-23/h16,18-19,21,23,25-26,28H,4-15,17H2,1-3H3/t21-,23?,25-,26-,28-/m1/s1. The molecule has 4 fully saturated rings. The van der Waals surface area contributed by atoms with Gasteiger partial charge in [-0.3, -0.25) is 9.47 Å². The van der Waals surface area contributed by atoms with Crippen LogP contribution in [0.4, 0.5) is 10.6 Å². The van der Waals surface area contributed by atoms with Crippen LogP contribution >= 0.6 is 11.6 Å². The number of nitrogens with zero attached hydrogens (tertiary/aromatic N) is 4. The molecule has 3 aliphatic heterocycles. The molecule has 2 aromatic rings. The monoisotopic (exact) mass is 606 g/mol. The smallest absolute Gasteiger partial charge is 0.415 e. The van der Waals surface area contributed by atoms with Crippen LogP contribution in [0.15, 0.2) is 12.4 Å². The van der Waals surface area contributed by atoms with Crippen molar-refractivity contribution in [3.63, 3.8) is 0 Å². The fourth-order valence-corrected chi connectivity index (χ4v) is 6.86. The Kier molecular flexibility index (Phi) is 9.23. The van der Waals surface area contributed by atoms with Gasteiger partial charge in [-0.05, 0) is 52.4 Å². The summed E-state index contributed by atoms with van der Waals surface area (Å²) < 4.78 is 38.2. The number of rotatable bonds is 9. The Hall–Kier alpha value is -2.02. The molecule has 1 amide bonds. The number of hydrogen-bond donors (Lipinski definition) is 0. The highest BCUT2D eigenvalue weighted by Gasteiger charge is 2.56. The molecular formula is C30H43ClN4O7. The summed E-state index contributed by atoms with van der Waals surface area (Å²) in [5.74, 6) is 0.227. The number of fused-ring (bicyclic) bond motifs is 2. The van der Waals surface area contributed by atoms with Crippen LogP contribution < -0.4 is 4.90 Å². The molecule has 11 nitrogen and oxygen atoms in total. The Morgan fingerprint density at radius 1 is 1.14 bits per heavy atom. The number of aromatic nitrogens is 3. The third kappa shape index (κ3) is 6.42. The molecule has 1 aliphatic carbocycles. The zero-order chi connectivity index (χ0) is 29.3. The van der Waals surface area contributed by atoms with Crippen molar-refractivity contribution in [2.75, 3.05) is 31.3 Å². The first-order chi connectivity index (χ1) is 20.3. The van der Waals surface area contributed by atoms with Gasteiger partial charge in [-0.25, -0.2) is 14.8 Å². The summed E-state index contributed by atoms with van der Waals surface area (Å²) in [6, 6.07) is 1.69. The van der Waals surface area contributed by atoms with Gasteiger partial charge in [-0.1, -0.05) is 43.7 Å². The summed E-state index contributed by atoms with van der Waals surface area (Å²) in [5.41, 5.74) is 1.02. The number of pyridine rings is 1. The molecule has 0 N–H and O–H groups in total. The molecule has 5 atom stereocenters. The molecule has 2 aromatic heterocycles. The van der Waals surface area contributed by atoms with Gasteiger partial charge in [-0.15, -0.1) is 0 Å². The van der Waals surface area contributed by atoms with Gasteiger partial charge >= 0.3 is 6.09 Å². The van der Waals surface area contributed by atoms with Crippen molar-refractivity contribution < 1.29 is 33.2 Å². The first kappa shape index (κ1) is 30.0. The van der Waals surface area contributed by atoms with E-state index in [2.05, 4.69) is 4.98 Å². The molecule has 4 aliphatic rings. The van der Waals surface area contributed by atoms with E-state index in [-0.39, 0.29) is 25.1 Å². The summed E-state index contributed by atoms with van der Waals surface area (Å²) >= 11 is 6.75. The van der Waals surface area contributed by atoms with Crippen LogP contribution in [0, 0.1) is 5.92 Å². The average Bonchev–Trinajstić information content (AvgIpc) is 3.64. The molecule has 0 aromatic carbocycles. The molecule has 0 bridgehead atoms. The lowest BCUT2D eigenvalue weighted by Gasteiger charge is -2.27. The van der Waals surface area contributed by atoms with Crippen molar-refractivity contribution >= 4 is 34.7 Å². The van der Waals surface area contributed by atoms with Gasteiger partial charge in [0.15, 0.2) is 24.0 Å². The molecule has 1 unspecified atom stereocenters. The first-order valence-corrected chi connectivity index (χ1v) is 15.9. The Morgan fingerprint density at radius 3 is 2.69 bits per heavy atom. The minimum atomic E-state index is -0.788. The molecule has 42 heavy (non-hydrogen) atoms. The third-order valence-electron chi connectivity index (χ3n) is 8.70. The van der Waals surface area contributed by atoms with Crippen molar-refractivity contribution in [1.29, 1.82) is 0 Å². The zero-order valence-corrected chi connectivity index (χ0v) is 25.6. The number of amides is 1. The predicted octanol–water partition coefficient (Wildman–Crippen LogP) is 5.98. The lowest BCUT2D eigenvalue weighted by Crippen LogP contribution is -2.35. The van der Waals surface area contributed by atoms with Gasteiger partial charge in [0.2, 0.25) is 0 Å². The Labute approximate surface area is 252 Å². The van der Waals surface area contributed by atoms with Crippen molar-refractivity contribution in [2.45, 2.75) is 115 Å². The Morgan fingerprint density at radius 2 is 1.93 bits per heavy atom. The number of carbonyl (C=O) groups is 1. The lowest BCUT2D eigenvalue weighted by molar-refractivity contribution is -0.219. The number of hydrogen-bond acceptors (Lipinski definition) is 9. The summed E-state index contributed by atoms with van der Waals surface area (Å²) in [6.45, 7) is 7.39. The molecule has 12 heteroatoms. The van der Waals surface area contributed by atoms with Crippen molar-refractivity contribution in [1.82, 2.24) is 14.5 Å². The van der Waals surface area contributed by atoms with Crippen LogP contribution in [0.25, 0.3) is 11.2 Å². The van der Waals surface area contributed by atoms with Crippen LogP contribution in [0.5, 0.6) is 0 Å². The second-order valence-corrected chi connectivity index (χ2v) is 12.6. The van der Waals surface area contributed by atoms with E-state index in [1.807, 2.05) is 18.4 Å². The molecular weight excluding hydrogens is 564 g/mol. The predicted molar refractivity (Wildman–Crippen MR) is 155 cm³/mol. The second kappa shape index (κ2) is 12.9. The molecule has 1 saturated carbocycles. The average molecular weight is 607 g/mol. The maximum atomic E-state index is 13.1. The lowest BCUT2D eigenvalue weighted by atomic mass is 9.87. The number of ether oxygens (including phenoxy) is 6. The van der Waals surface area contributed by atoms with E-state index in [9.17, 15) is 4.79 Å². The molecule has 6 rings (SSSR count). The zero-order valence-electron chi connectivity index (χ0n) is 24.8. The van der Waals surface area contributed by atoms with E-state index in [0.717, 1.165) is 25.7 Å². The SMILES string of the molecule is CCOC(=O)N(CCC1CCCCC1)c1cc(Cl)c2ncn([C@@H]3O[C@H](COC4CCCCO4)[C@H]4OC(C)(C)O[C@H]43)c2n1. The molecule has 3 saturated heterocycles. The number of imidazole rings is 1. The largest absolute Gasteiger partial charge is 0.449 e. The summed E-state index contributed by atoms with van der Waals surface area (Å²) in [6.07, 6.45) is 9.28. The van der Waals surface area contributed by atoms with Crippen LogP contribution in [0.2, 0.25) is 5.02 Å². The fraction of sp³-hybridized carbons (Fsp3) is 0.767. The van der Waals surface area contributed by atoms with Crippen molar-refractivity contribution in [2.24, 2.45) is 5.92 Å². The summed E-state index contributed by atoms with van der Waals surface area (Å²) in [4.78, 5) is 24.2. The van der Waals surface area contributed by atoms with Gasteiger partial charge in [-0.2, -0.15) is 0 Å². The van der Waals surface area contributed by atoms with Gasteiger partial charge in [0.25, 0.3) is 0 Å². The number of halogens is 1. The van der Waals surface area contributed by atoms with E-state index in [4.69, 9.17) is 45.0 Å². The molecule has 0 radical (unpaired) electrons. The molecule has 5 heterocycles. The van der Waals surface area contributed by atoms with Gasteiger partial charge < -0.3 is 28.4 Å². The highest BCUT2D eigenvalue weighted by atomic mass is 35.5. The quantitative estimate of drug-likeness (QED) is 0.341.